The third kappa shape index (κ3) is 9.74. The predicted octanol–water partition coefficient (Wildman–Crippen LogP) is 11.0. The molecule has 2 heteroatoms. The zero-order valence-electron chi connectivity index (χ0n) is 22.5. The minimum Gasteiger partial charge on any atom is -0.344 e. The van der Waals surface area contributed by atoms with Crippen LogP contribution in [0.3, 0.4) is 0 Å². The van der Waals surface area contributed by atoms with Crippen LogP contribution in [0.5, 0.6) is 0 Å². The molecule has 3 N–H and O–H groups in total. The molecule has 1 nitrogen and oxygen atoms in total. The number of rotatable bonds is 18. The van der Waals surface area contributed by atoms with Gasteiger partial charge in [0.1, 0.15) is 0 Å². The average molecular weight is 486 g/mol. The van der Waals surface area contributed by atoms with Crippen LogP contribution in [0.2, 0.25) is 0 Å². The molecule has 0 bridgehead atoms. The van der Waals surface area contributed by atoms with Crippen LogP contribution >= 0.6 is 11.6 Å². The zero-order chi connectivity index (χ0) is 23.8. The van der Waals surface area contributed by atoms with E-state index in [1.54, 1.807) is 0 Å². The van der Waals surface area contributed by atoms with Crippen molar-refractivity contribution in [2.24, 2.45) is 0 Å². The first kappa shape index (κ1) is 30.7. The van der Waals surface area contributed by atoms with E-state index in [1.165, 1.54) is 101 Å². The second kappa shape index (κ2) is 17.2. The van der Waals surface area contributed by atoms with Gasteiger partial charge in [-0.15, -0.1) is 11.6 Å². The summed E-state index contributed by atoms with van der Waals surface area (Å²) >= 11 is 7.18. The highest BCUT2D eigenvalue weighted by molar-refractivity contribution is 6.24. The molecule has 2 aromatic carbocycles. The van der Waals surface area contributed by atoms with Crippen LogP contribution in [0.1, 0.15) is 128 Å². The average Bonchev–Trinajstić information content (AvgIpc) is 2.82. The van der Waals surface area contributed by atoms with E-state index < -0.39 is 0 Å². The quantitative estimate of drug-likeness (QED) is 0.165. The minimum atomic E-state index is -0.369. The van der Waals surface area contributed by atoms with Gasteiger partial charge >= 0.3 is 0 Å². The van der Waals surface area contributed by atoms with Crippen LogP contribution in [0.15, 0.2) is 60.7 Å². The van der Waals surface area contributed by atoms with Crippen molar-refractivity contribution in [3.63, 3.8) is 0 Å². The van der Waals surface area contributed by atoms with Gasteiger partial charge in [0.25, 0.3) is 0 Å². The summed E-state index contributed by atoms with van der Waals surface area (Å²) in [5.74, 6) is 0. The van der Waals surface area contributed by atoms with E-state index in [1.807, 2.05) is 0 Å². The summed E-state index contributed by atoms with van der Waals surface area (Å²) in [5, 5.41) is 0. The molecule has 0 saturated heterocycles. The molecule has 0 heterocycles. The number of unbranched alkanes of at least 4 members (excludes halogenated alkanes) is 13. The molecule has 0 aliphatic carbocycles. The van der Waals surface area contributed by atoms with Gasteiger partial charge in [-0.05, 0) is 31.4 Å². The Labute approximate surface area is 216 Å². The summed E-state index contributed by atoms with van der Waals surface area (Å²) in [6.45, 7) is 6.68. The van der Waals surface area contributed by atoms with Gasteiger partial charge in [0, 0.05) is 5.41 Å². The van der Waals surface area contributed by atoms with Crippen LogP contribution in [-0.4, -0.2) is 4.87 Å². The van der Waals surface area contributed by atoms with Gasteiger partial charge in [0.05, 0.1) is 4.87 Å². The Morgan fingerprint density at radius 2 is 0.853 bits per heavy atom. The van der Waals surface area contributed by atoms with Crippen LogP contribution in [0.4, 0.5) is 0 Å². The molecule has 0 aliphatic heterocycles. The summed E-state index contributed by atoms with van der Waals surface area (Å²) in [5.41, 5.74) is 2.51. The molecule has 0 spiro atoms. The fraction of sp³-hybridized carbons (Fsp3) is 0.625. The number of benzene rings is 2. The van der Waals surface area contributed by atoms with Gasteiger partial charge in [-0.25, -0.2) is 0 Å². The summed E-state index contributed by atoms with van der Waals surface area (Å²) in [6.07, 6.45) is 20.6. The molecule has 0 radical (unpaired) electrons. The van der Waals surface area contributed by atoms with Gasteiger partial charge in [-0.3, -0.25) is 0 Å². The summed E-state index contributed by atoms with van der Waals surface area (Å²) in [7, 11) is 0. The third-order valence-corrected chi connectivity index (χ3v) is 7.78. The van der Waals surface area contributed by atoms with Crippen LogP contribution in [0, 0.1) is 0 Å². The first-order valence-corrected chi connectivity index (χ1v) is 14.2. The molecule has 0 atom stereocenters. The third-order valence-electron chi connectivity index (χ3n) is 7.45. The van der Waals surface area contributed by atoms with Crippen LogP contribution < -0.4 is 6.15 Å². The van der Waals surface area contributed by atoms with Crippen molar-refractivity contribution in [2.75, 3.05) is 0 Å². The second-order valence-electron chi connectivity index (χ2n) is 10.5. The lowest BCUT2D eigenvalue weighted by Crippen LogP contribution is -2.44. The number of halogens is 1. The Morgan fingerprint density at radius 1 is 0.529 bits per heavy atom. The van der Waals surface area contributed by atoms with Gasteiger partial charge < -0.3 is 6.15 Å². The minimum absolute atomic E-state index is 0. The van der Waals surface area contributed by atoms with Crippen molar-refractivity contribution in [1.29, 1.82) is 0 Å². The highest BCUT2D eigenvalue weighted by atomic mass is 35.5. The molecule has 0 saturated carbocycles. The topological polar surface area (TPSA) is 35.0 Å². The van der Waals surface area contributed by atoms with Crippen molar-refractivity contribution >= 4 is 11.6 Å². The van der Waals surface area contributed by atoms with Crippen molar-refractivity contribution in [2.45, 2.75) is 127 Å². The van der Waals surface area contributed by atoms with Crippen molar-refractivity contribution in [3.05, 3.63) is 71.8 Å². The molecule has 2 aromatic rings. The Kier molecular flexibility index (Phi) is 15.5. The number of hydrogen-bond donors (Lipinski definition) is 1. The second-order valence-corrected chi connectivity index (χ2v) is 11.4. The Morgan fingerprint density at radius 3 is 1.18 bits per heavy atom. The molecule has 0 fully saturated rings. The molecule has 0 aromatic heterocycles. The standard InChI is InChI=1S/C32H49Cl.H3N/c1-4-5-6-7-8-9-10-11-12-13-14-15-16-23-28-32(31(2,3)33,29-24-19-17-20-25-29)30-26-21-18-22-27-30;/h17-22,24-27H,4-16,23,28H2,1-3H3;1H3. The molecule has 0 aliphatic rings. The lowest BCUT2D eigenvalue weighted by atomic mass is 9.63. The SMILES string of the molecule is CCCCCCCCCCCCCCCCC(c1ccccc1)(c1ccccc1)C(C)(C)Cl.N. The molecular formula is C32H52ClN. The molecule has 2 rings (SSSR count). The Balaban J connectivity index is 0.00000578. The maximum absolute atomic E-state index is 7.18. The lowest BCUT2D eigenvalue weighted by Gasteiger charge is -2.44. The first-order chi connectivity index (χ1) is 16.0. The van der Waals surface area contributed by atoms with Gasteiger partial charge in [-0.1, -0.05) is 157 Å². The van der Waals surface area contributed by atoms with E-state index in [2.05, 4.69) is 81.4 Å². The van der Waals surface area contributed by atoms with Gasteiger partial charge in [0.2, 0.25) is 0 Å². The van der Waals surface area contributed by atoms with E-state index in [9.17, 15) is 0 Å². The van der Waals surface area contributed by atoms with E-state index >= 15 is 0 Å². The molecule has 34 heavy (non-hydrogen) atoms. The monoisotopic (exact) mass is 485 g/mol. The summed E-state index contributed by atoms with van der Waals surface area (Å²) < 4.78 is 0. The maximum atomic E-state index is 7.18. The largest absolute Gasteiger partial charge is 0.344 e. The summed E-state index contributed by atoms with van der Waals surface area (Å²) in [6, 6.07) is 21.9. The van der Waals surface area contributed by atoms with E-state index in [4.69, 9.17) is 11.6 Å². The van der Waals surface area contributed by atoms with Crippen LogP contribution in [-0.2, 0) is 5.41 Å². The molecule has 192 valence electrons. The van der Waals surface area contributed by atoms with E-state index in [0.29, 0.717) is 0 Å². The first-order valence-electron chi connectivity index (χ1n) is 13.8. The van der Waals surface area contributed by atoms with Gasteiger partial charge in [0.15, 0.2) is 0 Å². The molecular weight excluding hydrogens is 434 g/mol. The Bertz CT molecular complexity index is 680. The highest BCUT2D eigenvalue weighted by Crippen LogP contribution is 2.49. The molecule has 0 amide bonds. The normalized spacial score (nSPS) is 11.9. The number of hydrogen-bond acceptors (Lipinski definition) is 1. The zero-order valence-corrected chi connectivity index (χ0v) is 23.2. The summed E-state index contributed by atoms with van der Waals surface area (Å²) in [4.78, 5) is -0.369. The predicted molar refractivity (Wildman–Crippen MR) is 154 cm³/mol. The van der Waals surface area contributed by atoms with Gasteiger partial charge in [-0.2, -0.15) is 0 Å². The van der Waals surface area contributed by atoms with E-state index in [-0.39, 0.29) is 16.4 Å². The number of alkyl halides is 1. The van der Waals surface area contributed by atoms with Crippen molar-refractivity contribution in [3.8, 4) is 0 Å². The lowest BCUT2D eigenvalue weighted by molar-refractivity contribution is 0.355. The van der Waals surface area contributed by atoms with Crippen LogP contribution in [0.25, 0.3) is 0 Å². The van der Waals surface area contributed by atoms with Crippen molar-refractivity contribution in [1.82, 2.24) is 6.15 Å². The maximum Gasteiger partial charge on any atom is 0.0527 e. The fourth-order valence-corrected chi connectivity index (χ4v) is 5.78. The smallest absolute Gasteiger partial charge is 0.0527 e. The van der Waals surface area contributed by atoms with E-state index in [0.717, 1.165) is 6.42 Å². The highest BCUT2D eigenvalue weighted by Gasteiger charge is 2.46. The Hall–Kier alpha value is -1.31. The molecule has 0 unspecified atom stereocenters. The van der Waals surface area contributed by atoms with Crippen molar-refractivity contribution < 1.29 is 0 Å². The fourth-order valence-electron chi connectivity index (χ4n) is 5.47.